The van der Waals surface area contributed by atoms with E-state index in [-0.39, 0.29) is 6.10 Å². The van der Waals surface area contributed by atoms with Crippen molar-refractivity contribution in [3.05, 3.63) is 0 Å². The molecule has 0 bridgehead atoms. The van der Waals surface area contributed by atoms with Gasteiger partial charge in [-0.1, -0.05) is 13.8 Å². The van der Waals surface area contributed by atoms with Crippen LogP contribution in [0.3, 0.4) is 0 Å². The lowest BCUT2D eigenvalue weighted by Crippen LogP contribution is -2.48. The highest BCUT2D eigenvalue weighted by Crippen LogP contribution is 2.19. The lowest BCUT2D eigenvalue weighted by Gasteiger charge is -2.33. The molecule has 1 aliphatic rings. The molecule has 0 amide bonds. The summed E-state index contributed by atoms with van der Waals surface area (Å²) in [6.45, 7) is 5.50. The second kappa shape index (κ2) is 4.07. The van der Waals surface area contributed by atoms with E-state index >= 15 is 0 Å². The van der Waals surface area contributed by atoms with Crippen molar-refractivity contribution in [1.29, 1.82) is 0 Å². The molecule has 2 N–H and O–H groups in total. The lowest BCUT2D eigenvalue weighted by molar-refractivity contribution is 0.0497. The van der Waals surface area contributed by atoms with Crippen LogP contribution < -0.4 is 5.32 Å². The SMILES string of the molecule is CC(C)CCN[C@@H]1CC[C@H]1O. The summed E-state index contributed by atoms with van der Waals surface area (Å²) in [6, 6.07) is 0.397. The van der Waals surface area contributed by atoms with Crippen molar-refractivity contribution in [1.82, 2.24) is 5.32 Å². The summed E-state index contributed by atoms with van der Waals surface area (Å²) in [7, 11) is 0. The zero-order valence-corrected chi connectivity index (χ0v) is 7.51. The molecule has 0 aliphatic heterocycles. The van der Waals surface area contributed by atoms with Gasteiger partial charge in [0.05, 0.1) is 6.10 Å². The van der Waals surface area contributed by atoms with E-state index in [4.69, 9.17) is 0 Å². The monoisotopic (exact) mass is 157 g/mol. The normalized spacial score (nSPS) is 30.5. The maximum Gasteiger partial charge on any atom is 0.0693 e. The third-order valence-electron chi connectivity index (χ3n) is 2.37. The fraction of sp³-hybridized carbons (Fsp3) is 1.00. The zero-order valence-electron chi connectivity index (χ0n) is 7.51. The Morgan fingerprint density at radius 2 is 2.18 bits per heavy atom. The molecule has 1 aliphatic carbocycles. The summed E-state index contributed by atoms with van der Waals surface area (Å²) in [5.74, 6) is 0.764. The van der Waals surface area contributed by atoms with Gasteiger partial charge in [-0.3, -0.25) is 0 Å². The number of hydrogen-bond donors (Lipinski definition) is 2. The quantitative estimate of drug-likeness (QED) is 0.641. The van der Waals surface area contributed by atoms with Gasteiger partial charge in [-0.15, -0.1) is 0 Å². The van der Waals surface area contributed by atoms with Crippen molar-refractivity contribution < 1.29 is 5.11 Å². The highest BCUT2D eigenvalue weighted by atomic mass is 16.3. The van der Waals surface area contributed by atoms with E-state index in [1.807, 2.05) is 0 Å². The van der Waals surface area contributed by atoms with Gasteiger partial charge in [-0.2, -0.15) is 0 Å². The van der Waals surface area contributed by atoms with Crippen LogP contribution in [0.1, 0.15) is 33.1 Å². The molecule has 0 aromatic rings. The zero-order chi connectivity index (χ0) is 8.27. The number of rotatable bonds is 4. The number of hydrogen-bond acceptors (Lipinski definition) is 2. The summed E-state index contributed by atoms with van der Waals surface area (Å²) < 4.78 is 0. The Morgan fingerprint density at radius 1 is 1.45 bits per heavy atom. The molecule has 0 radical (unpaired) electrons. The molecule has 66 valence electrons. The summed E-state index contributed by atoms with van der Waals surface area (Å²) in [5, 5.41) is 12.6. The molecule has 1 saturated carbocycles. The molecular weight excluding hydrogens is 138 g/mol. The third kappa shape index (κ3) is 2.80. The fourth-order valence-electron chi connectivity index (χ4n) is 1.28. The molecule has 0 aromatic carbocycles. The molecule has 1 rings (SSSR count). The molecule has 0 saturated heterocycles. The first-order valence-electron chi connectivity index (χ1n) is 4.61. The minimum Gasteiger partial charge on any atom is -0.392 e. The maximum atomic E-state index is 9.21. The van der Waals surface area contributed by atoms with Crippen LogP contribution in [0.4, 0.5) is 0 Å². The van der Waals surface area contributed by atoms with Crippen LogP contribution in [0, 0.1) is 5.92 Å². The Kier molecular flexibility index (Phi) is 3.34. The van der Waals surface area contributed by atoms with Crippen LogP contribution in [0.15, 0.2) is 0 Å². The average molecular weight is 157 g/mol. The fourth-order valence-corrected chi connectivity index (χ4v) is 1.28. The van der Waals surface area contributed by atoms with E-state index < -0.39 is 0 Å². The molecule has 0 aromatic heterocycles. The van der Waals surface area contributed by atoms with Crippen LogP contribution in [-0.4, -0.2) is 23.8 Å². The summed E-state index contributed by atoms with van der Waals surface area (Å²) in [6.07, 6.45) is 3.28. The van der Waals surface area contributed by atoms with Gasteiger partial charge in [-0.05, 0) is 31.7 Å². The Morgan fingerprint density at radius 3 is 2.55 bits per heavy atom. The molecule has 11 heavy (non-hydrogen) atoms. The second-order valence-corrected chi connectivity index (χ2v) is 3.89. The molecular formula is C9H19NO. The topological polar surface area (TPSA) is 32.3 Å². The van der Waals surface area contributed by atoms with E-state index in [9.17, 15) is 5.11 Å². The highest BCUT2D eigenvalue weighted by molar-refractivity contribution is 4.85. The molecule has 0 unspecified atom stereocenters. The molecule has 2 nitrogen and oxygen atoms in total. The first kappa shape index (κ1) is 9.01. The predicted octanol–water partition coefficient (Wildman–Crippen LogP) is 1.15. The molecule has 0 heterocycles. The third-order valence-corrected chi connectivity index (χ3v) is 2.37. The Bertz CT molecular complexity index is 114. The van der Waals surface area contributed by atoms with E-state index in [1.54, 1.807) is 0 Å². The van der Waals surface area contributed by atoms with Gasteiger partial charge in [0.15, 0.2) is 0 Å². The van der Waals surface area contributed by atoms with E-state index in [0.29, 0.717) is 6.04 Å². The van der Waals surface area contributed by atoms with E-state index in [0.717, 1.165) is 25.3 Å². The number of aliphatic hydroxyl groups is 1. The van der Waals surface area contributed by atoms with Crippen molar-refractivity contribution in [2.45, 2.75) is 45.3 Å². The molecule has 2 heteroatoms. The van der Waals surface area contributed by atoms with Gasteiger partial charge in [0.25, 0.3) is 0 Å². The molecule has 0 spiro atoms. The summed E-state index contributed by atoms with van der Waals surface area (Å²) in [4.78, 5) is 0. The van der Waals surface area contributed by atoms with Crippen molar-refractivity contribution in [2.75, 3.05) is 6.54 Å². The highest BCUT2D eigenvalue weighted by Gasteiger charge is 2.27. The van der Waals surface area contributed by atoms with Crippen molar-refractivity contribution in [3.8, 4) is 0 Å². The Hall–Kier alpha value is -0.0800. The van der Waals surface area contributed by atoms with Crippen molar-refractivity contribution in [2.24, 2.45) is 5.92 Å². The van der Waals surface area contributed by atoms with Gasteiger partial charge in [0, 0.05) is 6.04 Å². The minimum absolute atomic E-state index is 0.0674. The lowest BCUT2D eigenvalue weighted by atomic mass is 9.89. The predicted molar refractivity (Wildman–Crippen MR) is 46.5 cm³/mol. The van der Waals surface area contributed by atoms with Gasteiger partial charge in [-0.25, -0.2) is 0 Å². The van der Waals surface area contributed by atoms with E-state index in [2.05, 4.69) is 19.2 Å². The van der Waals surface area contributed by atoms with Crippen LogP contribution in [0.25, 0.3) is 0 Å². The van der Waals surface area contributed by atoms with Gasteiger partial charge in [0.2, 0.25) is 0 Å². The van der Waals surface area contributed by atoms with Gasteiger partial charge >= 0.3 is 0 Å². The Labute approximate surface area is 69.0 Å². The first-order valence-corrected chi connectivity index (χ1v) is 4.61. The largest absolute Gasteiger partial charge is 0.392 e. The number of nitrogens with one attached hydrogen (secondary N) is 1. The van der Waals surface area contributed by atoms with Crippen molar-refractivity contribution >= 4 is 0 Å². The smallest absolute Gasteiger partial charge is 0.0693 e. The number of aliphatic hydroxyl groups excluding tert-OH is 1. The Balaban J connectivity index is 1.95. The minimum atomic E-state index is -0.0674. The van der Waals surface area contributed by atoms with Crippen LogP contribution in [-0.2, 0) is 0 Å². The maximum absolute atomic E-state index is 9.21. The van der Waals surface area contributed by atoms with Crippen molar-refractivity contribution in [3.63, 3.8) is 0 Å². The van der Waals surface area contributed by atoms with Gasteiger partial charge < -0.3 is 10.4 Å². The average Bonchev–Trinajstić information content (AvgIpc) is 1.94. The first-order chi connectivity index (χ1) is 5.20. The summed E-state index contributed by atoms with van der Waals surface area (Å²) >= 11 is 0. The molecule has 1 fully saturated rings. The standard InChI is InChI=1S/C9H19NO/c1-7(2)5-6-10-8-3-4-9(8)11/h7-11H,3-6H2,1-2H3/t8-,9-/m1/s1. The van der Waals surface area contributed by atoms with Crippen LogP contribution in [0.2, 0.25) is 0 Å². The van der Waals surface area contributed by atoms with Crippen LogP contribution in [0.5, 0.6) is 0 Å². The second-order valence-electron chi connectivity index (χ2n) is 3.89. The molecule has 2 atom stereocenters. The van der Waals surface area contributed by atoms with Gasteiger partial charge in [0.1, 0.15) is 0 Å². The summed E-state index contributed by atoms with van der Waals surface area (Å²) in [5.41, 5.74) is 0. The van der Waals surface area contributed by atoms with Crippen LogP contribution >= 0.6 is 0 Å². The van der Waals surface area contributed by atoms with E-state index in [1.165, 1.54) is 6.42 Å².